The normalized spacial score (nSPS) is 11.4. The molecule has 0 aliphatic heterocycles. The van der Waals surface area contributed by atoms with Crippen molar-refractivity contribution in [1.29, 1.82) is 0 Å². The van der Waals surface area contributed by atoms with Crippen LogP contribution in [0.2, 0.25) is 0 Å². The number of halogens is 2. The third-order valence-corrected chi connectivity index (χ3v) is 5.16. The third kappa shape index (κ3) is 3.66. The first-order valence-electron chi connectivity index (χ1n) is 9.41. The van der Waals surface area contributed by atoms with E-state index in [9.17, 15) is 8.78 Å². The van der Waals surface area contributed by atoms with Gasteiger partial charge in [0.1, 0.15) is 11.6 Å². The number of hydrogen-bond donors (Lipinski definition) is 0. The summed E-state index contributed by atoms with van der Waals surface area (Å²) in [6.07, 6.45) is 1.58. The van der Waals surface area contributed by atoms with Crippen LogP contribution in [0.5, 0.6) is 0 Å². The van der Waals surface area contributed by atoms with Crippen molar-refractivity contribution >= 4 is 0 Å². The van der Waals surface area contributed by atoms with Crippen LogP contribution >= 0.6 is 0 Å². The molecule has 0 unspecified atom stereocenters. The lowest BCUT2D eigenvalue weighted by Gasteiger charge is -2.25. The minimum absolute atomic E-state index is 0.247. The molecule has 0 amide bonds. The van der Waals surface area contributed by atoms with E-state index in [0.717, 1.165) is 17.3 Å². The molecule has 144 valence electrons. The van der Waals surface area contributed by atoms with E-state index >= 15 is 0 Å². The minimum atomic E-state index is -0.649. The van der Waals surface area contributed by atoms with Gasteiger partial charge in [0.25, 0.3) is 0 Å². The molecule has 4 aromatic rings. The van der Waals surface area contributed by atoms with Crippen molar-refractivity contribution < 1.29 is 8.78 Å². The first kappa shape index (κ1) is 18.9. The summed E-state index contributed by atoms with van der Waals surface area (Å²) < 4.78 is 29.1. The average molecular weight is 386 g/mol. The highest BCUT2D eigenvalue weighted by atomic mass is 19.1. The number of hydrogen-bond acceptors (Lipinski definition) is 2. The molecule has 4 rings (SSSR count). The molecule has 0 saturated carbocycles. The van der Waals surface area contributed by atoms with Gasteiger partial charge in [0.2, 0.25) is 0 Å². The van der Waals surface area contributed by atoms with Gasteiger partial charge in [-0.1, -0.05) is 56.3 Å². The van der Waals surface area contributed by atoms with Crippen LogP contribution in [0.4, 0.5) is 8.78 Å². The zero-order valence-electron chi connectivity index (χ0n) is 16.2. The molecule has 0 spiro atoms. The van der Waals surface area contributed by atoms with Crippen LogP contribution in [-0.2, 0) is 5.41 Å². The Balaban J connectivity index is 1.82. The van der Waals surface area contributed by atoms with E-state index in [1.165, 1.54) is 6.07 Å². The fraction of sp³-hybridized carbons (Fsp3) is 0.120. The summed E-state index contributed by atoms with van der Waals surface area (Å²) in [5.74, 6) is -1.30. The first-order chi connectivity index (χ1) is 14.0. The van der Waals surface area contributed by atoms with Crippen molar-refractivity contribution in [1.82, 2.24) is 9.97 Å². The molecule has 0 bridgehead atoms. The Bertz CT molecular complexity index is 1140. The van der Waals surface area contributed by atoms with E-state index in [0.29, 0.717) is 11.4 Å². The summed E-state index contributed by atoms with van der Waals surface area (Å²) in [5, 5.41) is 0. The number of aromatic nitrogens is 2. The van der Waals surface area contributed by atoms with Gasteiger partial charge in [0.15, 0.2) is 0 Å². The van der Waals surface area contributed by atoms with Crippen molar-refractivity contribution in [3.05, 3.63) is 108 Å². The minimum Gasteiger partial charge on any atom is -0.256 e. The maximum absolute atomic E-state index is 14.7. The Labute approximate surface area is 168 Å². The lowest BCUT2D eigenvalue weighted by molar-refractivity contribution is 0.586. The molecule has 2 aromatic heterocycles. The molecule has 0 N–H and O–H groups in total. The SMILES string of the molecule is CC(C)(c1ccccc1)c1cccc(-c2cc(-c3ccccn3)c(F)cc2F)n1. The summed E-state index contributed by atoms with van der Waals surface area (Å²) in [5.41, 5.74) is 2.96. The van der Waals surface area contributed by atoms with Crippen molar-refractivity contribution in [2.75, 3.05) is 0 Å². The number of benzene rings is 2. The van der Waals surface area contributed by atoms with Gasteiger partial charge in [-0.15, -0.1) is 0 Å². The molecular weight excluding hydrogens is 366 g/mol. The molecule has 0 fully saturated rings. The molecule has 2 nitrogen and oxygen atoms in total. The molecule has 2 heterocycles. The van der Waals surface area contributed by atoms with Gasteiger partial charge in [-0.3, -0.25) is 9.97 Å². The molecule has 0 saturated heterocycles. The second-order valence-electron chi connectivity index (χ2n) is 7.43. The average Bonchev–Trinajstić information content (AvgIpc) is 2.75. The molecule has 0 atom stereocenters. The summed E-state index contributed by atoms with van der Waals surface area (Å²) in [6, 6.07) is 23.2. The zero-order chi connectivity index (χ0) is 20.4. The molecule has 0 aliphatic carbocycles. The van der Waals surface area contributed by atoms with Crippen LogP contribution in [0.25, 0.3) is 22.5 Å². The molecule has 2 aromatic carbocycles. The first-order valence-corrected chi connectivity index (χ1v) is 9.41. The zero-order valence-corrected chi connectivity index (χ0v) is 16.2. The van der Waals surface area contributed by atoms with Crippen LogP contribution < -0.4 is 0 Å². The van der Waals surface area contributed by atoms with E-state index in [2.05, 4.69) is 18.8 Å². The van der Waals surface area contributed by atoms with Crippen LogP contribution in [0, 0.1) is 11.6 Å². The van der Waals surface area contributed by atoms with Crippen molar-refractivity contribution in [2.24, 2.45) is 0 Å². The Morgan fingerprint density at radius 2 is 1.34 bits per heavy atom. The van der Waals surface area contributed by atoms with Gasteiger partial charge < -0.3 is 0 Å². The number of rotatable bonds is 4. The lowest BCUT2D eigenvalue weighted by Crippen LogP contribution is -2.20. The van der Waals surface area contributed by atoms with Gasteiger partial charge in [-0.05, 0) is 35.9 Å². The van der Waals surface area contributed by atoms with Gasteiger partial charge in [-0.2, -0.15) is 0 Å². The van der Waals surface area contributed by atoms with Gasteiger partial charge in [0, 0.05) is 28.8 Å². The third-order valence-electron chi connectivity index (χ3n) is 5.16. The second kappa shape index (κ2) is 7.55. The Morgan fingerprint density at radius 1 is 0.690 bits per heavy atom. The highest BCUT2D eigenvalue weighted by Gasteiger charge is 2.25. The summed E-state index contributed by atoms with van der Waals surface area (Å²) in [7, 11) is 0. The van der Waals surface area contributed by atoms with E-state index in [4.69, 9.17) is 4.98 Å². The Hall–Kier alpha value is -3.40. The standard InChI is InChI=1S/C25H20F2N2/c1-25(2,17-9-4-3-5-10-17)24-13-8-12-23(29-24)19-15-18(20(26)16-21(19)27)22-11-6-7-14-28-22/h3-16H,1-2H3. The fourth-order valence-corrected chi connectivity index (χ4v) is 3.40. The fourth-order valence-electron chi connectivity index (χ4n) is 3.40. The molecule has 0 radical (unpaired) electrons. The summed E-state index contributed by atoms with van der Waals surface area (Å²) in [6.45, 7) is 4.16. The maximum Gasteiger partial charge on any atom is 0.135 e. The molecule has 0 aliphatic rings. The van der Waals surface area contributed by atoms with Crippen LogP contribution in [0.3, 0.4) is 0 Å². The Morgan fingerprint density at radius 3 is 2.03 bits per heavy atom. The summed E-state index contributed by atoms with van der Waals surface area (Å²) >= 11 is 0. The van der Waals surface area contributed by atoms with Gasteiger partial charge in [0.05, 0.1) is 17.1 Å². The maximum atomic E-state index is 14.7. The lowest BCUT2D eigenvalue weighted by atomic mass is 9.81. The largest absolute Gasteiger partial charge is 0.256 e. The monoisotopic (exact) mass is 386 g/mol. The van der Waals surface area contributed by atoms with E-state index in [1.54, 1.807) is 30.5 Å². The van der Waals surface area contributed by atoms with Crippen LogP contribution in [-0.4, -0.2) is 9.97 Å². The van der Waals surface area contributed by atoms with Crippen molar-refractivity contribution in [3.63, 3.8) is 0 Å². The number of pyridine rings is 2. The highest BCUT2D eigenvalue weighted by molar-refractivity contribution is 5.70. The van der Waals surface area contributed by atoms with Crippen molar-refractivity contribution in [2.45, 2.75) is 19.3 Å². The van der Waals surface area contributed by atoms with E-state index in [-0.39, 0.29) is 16.5 Å². The molecule has 4 heteroatoms. The Kier molecular flexibility index (Phi) is 4.93. The molecule has 29 heavy (non-hydrogen) atoms. The topological polar surface area (TPSA) is 25.8 Å². The predicted molar refractivity (Wildman–Crippen MR) is 111 cm³/mol. The highest BCUT2D eigenvalue weighted by Crippen LogP contribution is 2.33. The van der Waals surface area contributed by atoms with Crippen LogP contribution in [0.15, 0.2) is 85.1 Å². The van der Waals surface area contributed by atoms with Gasteiger partial charge in [-0.25, -0.2) is 8.78 Å². The van der Waals surface area contributed by atoms with Gasteiger partial charge >= 0.3 is 0 Å². The van der Waals surface area contributed by atoms with Crippen LogP contribution in [0.1, 0.15) is 25.1 Å². The summed E-state index contributed by atoms with van der Waals surface area (Å²) in [4.78, 5) is 8.92. The van der Waals surface area contributed by atoms with E-state index < -0.39 is 11.6 Å². The number of nitrogens with zero attached hydrogens (tertiary/aromatic N) is 2. The smallest absolute Gasteiger partial charge is 0.135 e. The predicted octanol–water partition coefficient (Wildman–Crippen LogP) is 6.41. The molecular formula is C25H20F2N2. The van der Waals surface area contributed by atoms with E-state index in [1.807, 2.05) is 42.5 Å². The quantitative estimate of drug-likeness (QED) is 0.405. The second-order valence-corrected chi connectivity index (χ2v) is 7.43. The van der Waals surface area contributed by atoms with Crippen molar-refractivity contribution in [3.8, 4) is 22.5 Å².